The molecule has 1 atom stereocenters. The fourth-order valence-electron chi connectivity index (χ4n) is 3.16. The molecule has 0 saturated carbocycles. The molecule has 102 valence electrons. The van der Waals surface area contributed by atoms with Gasteiger partial charge in [-0.15, -0.1) is 0 Å². The fraction of sp³-hybridized carbons (Fsp3) is 0.533. The Kier molecular flexibility index (Phi) is 3.32. The zero-order chi connectivity index (χ0) is 13.2. The van der Waals surface area contributed by atoms with Gasteiger partial charge in [0.2, 0.25) is 0 Å². The molecule has 0 aromatic heterocycles. The minimum Gasteiger partial charge on any atom is -0.493 e. The number of methoxy groups -OCH3 is 2. The van der Waals surface area contributed by atoms with Crippen LogP contribution in [0, 0.1) is 0 Å². The van der Waals surface area contributed by atoms with Crippen molar-refractivity contribution in [3.63, 3.8) is 0 Å². The number of benzene rings is 1. The molecule has 4 nitrogen and oxygen atoms in total. The molecule has 0 unspecified atom stereocenters. The van der Waals surface area contributed by atoms with Crippen LogP contribution >= 0.6 is 0 Å². The topological polar surface area (TPSA) is 42.9 Å². The number of amidine groups is 1. The lowest BCUT2D eigenvalue weighted by Crippen LogP contribution is -2.28. The quantitative estimate of drug-likeness (QED) is 0.905. The van der Waals surface area contributed by atoms with E-state index >= 15 is 0 Å². The van der Waals surface area contributed by atoms with E-state index in [0.29, 0.717) is 5.92 Å². The van der Waals surface area contributed by atoms with Crippen LogP contribution in [0.5, 0.6) is 11.5 Å². The minimum atomic E-state index is 0.394. The minimum absolute atomic E-state index is 0.394. The first-order chi connectivity index (χ1) is 9.35. The average molecular weight is 260 g/mol. The normalized spacial score (nSPS) is 21.4. The molecular weight excluding hydrogens is 240 g/mol. The first kappa shape index (κ1) is 12.3. The highest BCUT2D eigenvalue weighted by atomic mass is 16.5. The monoisotopic (exact) mass is 260 g/mol. The molecule has 4 heteroatoms. The molecular formula is C15H20N2O2. The maximum Gasteiger partial charge on any atom is 0.164 e. The molecule has 0 saturated heterocycles. The van der Waals surface area contributed by atoms with Crippen molar-refractivity contribution in [1.82, 2.24) is 5.32 Å². The number of hydrogen-bond donors (Lipinski definition) is 1. The summed E-state index contributed by atoms with van der Waals surface area (Å²) in [5, 5.41) is 3.41. The summed E-state index contributed by atoms with van der Waals surface area (Å²) in [5.74, 6) is 3.26. The predicted octanol–water partition coefficient (Wildman–Crippen LogP) is 2.13. The Morgan fingerprint density at radius 1 is 1.26 bits per heavy atom. The Morgan fingerprint density at radius 3 is 2.84 bits per heavy atom. The molecule has 19 heavy (non-hydrogen) atoms. The number of rotatable bonds is 3. The van der Waals surface area contributed by atoms with Crippen LogP contribution in [0.1, 0.15) is 29.9 Å². The highest BCUT2D eigenvalue weighted by Crippen LogP contribution is 2.42. The molecule has 1 aliphatic heterocycles. The van der Waals surface area contributed by atoms with Crippen LogP contribution in [-0.4, -0.2) is 33.1 Å². The lowest BCUT2D eigenvalue weighted by Gasteiger charge is -2.27. The fourth-order valence-corrected chi connectivity index (χ4v) is 3.16. The maximum absolute atomic E-state index is 5.56. The van der Waals surface area contributed by atoms with Gasteiger partial charge in [0, 0.05) is 18.0 Å². The second-order valence-electron chi connectivity index (χ2n) is 5.01. The largest absolute Gasteiger partial charge is 0.493 e. The zero-order valence-electron chi connectivity index (χ0n) is 11.5. The van der Waals surface area contributed by atoms with Gasteiger partial charge in [0.1, 0.15) is 5.84 Å². The summed E-state index contributed by atoms with van der Waals surface area (Å²) in [4.78, 5) is 4.59. The first-order valence-electron chi connectivity index (χ1n) is 6.87. The maximum atomic E-state index is 5.56. The smallest absolute Gasteiger partial charge is 0.164 e. The van der Waals surface area contributed by atoms with Gasteiger partial charge < -0.3 is 14.8 Å². The third kappa shape index (κ3) is 2.05. The summed E-state index contributed by atoms with van der Waals surface area (Å²) in [5.41, 5.74) is 2.63. The lowest BCUT2D eigenvalue weighted by molar-refractivity contribution is 0.349. The molecule has 0 fully saturated rings. The van der Waals surface area contributed by atoms with Gasteiger partial charge in [-0.3, -0.25) is 4.99 Å². The van der Waals surface area contributed by atoms with E-state index < -0.39 is 0 Å². The van der Waals surface area contributed by atoms with Crippen molar-refractivity contribution in [3.05, 3.63) is 23.3 Å². The van der Waals surface area contributed by atoms with Crippen molar-refractivity contribution < 1.29 is 9.47 Å². The summed E-state index contributed by atoms with van der Waals surface area (Å²) in [6, 6.07) is 4.18. The third-order valence-electron chi connectivity index (χ3n) is 4.01. The molecule has 0 bridgehead atoms. The van der Waals surface area contributed by atoms with E-state index in [9.17, 15) is 0 Å². The zero-order valence-corrected chi connectivity index (χ0v) is 11.5. The standard InChI is InChI=1S/C15H20N2O2/c1-18-13-7-6-10-11(14(13)19-2)4-3-5-12(10)15-16-8-9-17-15/h6-7,12H,3-5,8-9H2,1-2H3,(H,16,17)/t12-/m1/s1. The van der Waals surface area contributed by atoms with Crippen LogP contribution in [0.4, 0.5) is 0 Å². The molecule has 1 heterocycles. The van der Waals surface area contributed by atoms with Crippen LogP contribution < -0.4 is 14.8 Å². The van der Waals surface area contributed by atoms with Crippen molar-refractivity contribution in [3.8, 4) is 11.5 Å². The number of ether oxygens (including phenoxy) is 2. The van der Waals surface area contributed by atoms with Gasteiger partial charge in [-0.2, -0.15) is 0 Å². The van der Waals surface area contributed by atoms with Crippen LogP contribution in [0.25, 0.3) is 0 Å². The van der Waals surface area contributed by atoms with E-state index in [2.05, 4.69) is 16.4 Å². The summed E-state index contributed by atoms with van der Waals surface area (Å²) in [6.45, 7) is 1.86. The van der Waals surface area contributed by atoms with Crippen LogP contribution in [-0.2, 0) is 6.42 Å². The molecule has 0 spiro atoms. The molecule has 3 rings (SSSR count). The highest BCUT2D eigenvalue weighted by Gasteiger charge is 2.29. The van der Waals surface area contributed by atoms with Crippen molar-refractivity contribution in [2.75, 3.05) is 27.3 Å². The Morgan fingerprint density at radius 2 is 2.16 bits per heavy atom. The van der Waals surface area contributed by atoms with E-state index in [1.807, 2.05) is 6.07 Å². The van der Waals surface area contributed by atoms with Crippen LogP contribution in [0.15, 0.2) is 17.1 Å². The number of nitrogens with one attached hydrogen (secondary N) is 1. The Balaban J connectivity index is 2.05. The highest BCUT2D eigenvalue weighted by molar-refractivity contribution is 5.91. The summed E-state index contributed by atoms with van der Waals surface area (Å²) >= 11 is 0. The van der Waals surface area contributed by atoms with Gasteiger partial charge in [-0.05, 0) is 30.9 Å². The van der Waals surface area contributed by atoms with E-state index in [4.69, 9.17) is 9.47 Å². The molecule has 1 aliphatic carbocycles. The number of fused-ring (bicyclic) bond motifs is 1. The van der Waals surface area contributed by atoms with E-state index in [0.717, 1.165) is 43.3 Å². The SMILES string of the molecule is COc1ccc2c(c1OC)CCC[C@H]2C1=NCCN1. The lowest BCUT2D eigenvalue weighted by atomic mass is 9.81. The molecule has 0 radical (unpaired) electrons. The van der Waals surface area contributed by atoms with Crippen molar-refractivity contribution in [1.29, 1.82) is 0 Å². The number of nitrogens with zero attached hydrogens (tertiary/aromatic N) is 1. The van der Waals surface area contributed by atoms with Gasteiger partial charge >= 0.3 is 0 Å². The molecule has 1 aromatic carbocycles. The molecule has 1 N–H and O–H groups in total. The first-order valence-corrected chi connectivity index (χ1v) is 6.87. The van der Waals surface area contributed by atoms with Gasteiger partial charge in [0.15, 0.2) is 11.5 Å². The van der Waals surface area contributed by atoms with E-state index in [1.54, 1.807) is 14.2 Å². The predicted molar refractivity (Wildman–Crippen MR) is 75.5 cm³/mol. The summed E-state index contributed by atoms with van der Waals surface area (Å²) < 4.78 is 11.0. The second kappa shape index (κ2) is 5.11. The van der Waals surface area contributed by atoms with Crippen molar-refractivity contribution >= 4 is 5.84 Å². The van der Waals surface area contributed by atoms with E-state index in [-0.39, 0.29) is 0 Å². The van der Waals surface area contributed by atoms with Crippen molar-refractivity contribution in [2.24, 2.45) is 4.99 Å². The Labute approximate surface area is 113 Å². The molecule has 1 aromatic rings. The van der Waals surface area contributed by atoms with Crippen LogP contribution in [0.2, 0.25) is 0 Å². The Hall–Kier alpha value is -1.71. The van der Waals surface area contributed by atoms with Gasteiger partial charge in [-0.25, -0.2) is 0 Å². The summed E-state index contributed by atoms with van der Waals surface area (Å²) in [6.07, 6.45) is 3.38. The molecule has 2 aliphatic rings. The van der Waals surface area contributed by atoms with Gasteiger partial charge in [-0.1, -0.05) is 6.07 Å². The van der Waals surface area contributed by atoms with Gasteiger partial charge in [0.05, 0.1) is 20.8 Å². The number of aliphatic imine (C=N–C) groups is 1. The third-order valence-corrected chi connectivity index (χ3v) is 4.01. The number of hydrogen-bond acceptors (Lipinski definition) is 4. The van der Waals surface area contributed by atoms with Crippen molar-refractivity contribution in [2.45, 2.75) is 25.2 Å². The van der Waals surface area contributed by atoms with E-state index in [1.165, 1.54) is 17.5 Å². The second-order valence-corrected chi connectivity index (χ2v) is 5.01. The average Bonchev–Trinajstić information content (AvgIpc) is 2.99. The van der Waals surface area contributed by atoms with Gasteiger partial charge in [0.25, 0.3) is 0 Å². The van der Waals surface area contributed by atoms with Crippen LogP contribution in [0.3, 0.4) is 0 Å². The molecule has 0 amide bonds. The summed E-state index contributed by atoms with van der Waals surface area (Å²) in [7, 11) is 3.40. The Bertz CT molecular complexity index is 511.